The molecule has 3 nitrogen and oxygen atoms in total. The van der Waals surface area contributed by atoms with Gasteiger partial charge in [-0.2, -0.15) is 0 Å². The minimum absolute atomic E-state index is 0.431. The van der Waals surface area contributed by atoms with Crippen molar-refractivity contribution in [3.8, 4) is 0 Å². The number of nitrogens with two attached hydrogens (primary N) is 1. The highest BCUT2D eigenvalue weighted by Crippen LogP contribution is 2.15. The minimum Gasteiger partial charge on any atom is -0.468 e. The van der Waals surface area contributed by atoms with E-state index < -0.39 is 0 Å². The molecule has 0 amide bonds. The van der Waals surface area contributed by atoms with Gasteiger partial charge < -0.3 is 10.2 Å². The fourth-order valence-electron chi connectivity index (χ4n) is 1.88. The molecule has 1 aromatic rings. The zero-order valence-electron chi connectivity index (χ0n) is 9.94. The van der Waals surface area contributed by atoms with Gasteiger partial charge in [0, 0.05) is 12.6 Å². The molecule has 0 spiro atoms. The van der Waals surface area contributed by atoms with Crippen molar-refractivity contribution in [2.75, 3.05) is 13.6 Å². The zero-order valence-corrected chi connectivity index (χ0v) is 9.94. The molecular weight excluding hydrogens is 188 g/mol. The summed E-state index contributed by atoms with van der Waals surface area (Å²) in [6.45, 7) is 5.98. The van der Waals surface area contributed by atoms with Crippen molar-refractivity contribution in [1.29, 1.82) is 0 Å². The monoisotopic (exact) mass is 210 g/mol. The van der Waals surface area contributed by atoms with Gasteiger partial charge in [0.25, 0.3) is 0 Å². The van der Waals surface area contributed by atoms with Crippen LogP contribution in [0.1, 0.15) is 26.0 Å². The molecule has 0 aromatic carbocycles. The quantitative estimate of drug-likeness (QED) is 0.781. The number of furan rings is 1. The first kappa shape index (κ1) is 12.3. The largest absolute Gasteiger partial charge is 0.468 e. The number of rotatable bonds is 6. The zero-order chi connectivity index (χ0) is 11.3. The molecule has 0 fully saturated rings. The van der Waals surface area contributed by atoms with Crippen LogP contribution in [0.15, 0.2) is 22.8 Å². The summed E-state index contributed by atoms with van der Waals surface area (Å²) in [4.78, 5) is 2.27. The lowest BCUT2D eigenvalue weighted by atomic mass is 9.98. The summed E-state index contributed by atoms with van der Waals surface area (Å²) in [5.41, 5.74) is 5.81. The van der Waals surface area contributed by atoms with Crippen molar-refractivity contribution in [2.45, 2.75) is 32.9 Å². The highest BCUT2D eigenvalue weighted by Gasteiger charge is 2.19. The molecule has 0 aliphatic heterocycles. The van der Waals surface area contributed by atoms with Crippen LogP contribution >= 0.6 is 0 Å². The van der Waals surface area contributed by atoms with Gasteiger partial charge in [-0.15, -0.1) is 0 Å². The van der Waals surface area contributed by atoms with Crippen LogP contribution in [-0.4, -0.2) is 24.5 Å². The average Bonchev–Trinajstić information content (AvgIpc) is 2.71. The molecule has 0 bridgehead atoms. The van der Waals surface area contributed by atoms with Gasteiger partial charge in [0.05, 0.1) is 12.8 Å². The molecule has 0 saturated carbocycles. The third kappa shape index (κ3) is 3.36. The van der Waals surface area contributed by atoms with E-state index in [-0.39, 0.29) is 0 Å². The fraction of sp³-hybridized carbons (Fsp3) is 0.667. The van der Waals surface area contributed by atoms with Gasteiger partial charge in [0.15, 0.2) is 0 Å². The molecule has 0 saturated heterocycles. The van der Waals surface area contributed by atoms with E-state index in [2.05, 4.69) is 25.8 Å². The van der Waals surface area contributed by atoms with E-state index in [0.717, 1.165) is 18.7 Å². The van der Waals surface area contributed by atoms with E-state index in [1.807, 2.05) is 12.1 Å². The summed E-state index contributed by atoms with van der Waals surface area (Å²) < 4.78 is 5.33. The number of hydrogen-bond acceptors (Lipinski definition) is 3. The lowest BCUT2D eigenvalue weighted by Gasteiger charge is -2.30. The van der Waals surface area contributed by atoms with E-state index in [1.54, 1.807) is 6.26 Å². The van der Waals surface area contributed by atoms with Crippen LogP contribution in [-0.2, 0) is 6.54 Å². The molecular formula is C12H22N2O. The third-order valence-electron chi connectivity index (χ3n) is 3.09. The van der Waals surface area contributed by atoms with E-state index in [4.69, 9.17) is 10.2 Å². The van der Waals surface area contributed by atoms with Gasteiger partial charge in [0.2, 0.25) is 0 Å². The second-order valence-corrected chi connectivity index (χ2v) is 4.18. The maximum Gasteiger partial charge on any atom is 0.117 e. The van der Waals surface area contributed by atoms with Gasteiger partial charge >= 0.3 is 0 Å². The van der Waals surface area contributed by atoms with Crippen LogP contribution in [0.5, 0.6) is 0 Å². The van der Waals surface area contributed by atoms with Crippen molar-refractivity contribution in [3.63, 3.8) is 0 Å². The minimum atomic E-state index is 0.431. The highest BCUT2D eigenvalue weighted by atomic mass is 16.3. The molecule has 15 heavy (non-hydrogen) atoms. The molecule has 2 atom stereocenters. The molecule has 1 heterocycles. The van der Waals surface area contributed by atoms with Crippen molar-refractivity contribution in [1.82, 2.24) is 4.90 Å². The molecule has 1 aromatic heterocycles. The lowest BCUT2D eigenvalue weighted by Crippen LogP contribution is -2.41. The molecule has 1 rings (SSSR count). The maximum atomic E-state index is 5.81. The Labute approximate surface area is 92.2 Å². The molecule has 0 radical (unpaired) electrons. The summed E-state index contributed by atoms with van der Waals surface area (Å²) in [5, 5.41) is 0. The summed E-state index contributed by atoms with van der Waals surface area (Å²) in [5.74, 6) is 1.62. The van der Waals surface area contributed by atoms with Crippen molar-refractivity contribution in [2.24, 2.45) is 11.7 Å². The second kappa shape index (κ2) is 5.93. The van der Waals surface area contributed by atoms with E-state index in [0.29, 0.717) is 18.5 Å². The summed E-state index contributed by atoms with van der Waals surface area (Å²) in [6.07, 6.45) is 2.87. The summed E-state index contributed by atoms with van der Waals surface area (Å²) in [6, 6.07) is 4.35. The molecule has 2 unspecified atom stereocenters. The topological polar surface area (TPSA) is 42.4 Å². The van der Waals surface area contributed by atoms with Gasteiger partial charge in [0.1, 0.15) is 5.76 Å². The Hall–Kier alpha value is -0.800. The summed E-state index contributed by atoms with van der Waals surface area (Å²) in [7, 11) is 2.10. The Kier molecular flexibility index (Phi) is 4.85. The first-order valence-electron chi connectivity index (χ1n) is 5.61. The second-order valence-electron chi connectivity index (χ2n) is 4.18. The van der Waals surface area contributed by atoms with Crippen LogP contribution in [0.3, 0.4) is 0 Å². The Bertz CT molecular complexity index is 259. The van der Waals surface area contributed by atoms with E-state index in [9.17, 15) is 0 Å². The standard InChI is InChI=1S/C12H22N2O/c1-4-10(2)12(8-13)14(3)9-11-6-5-7-15-11/h5-7,10,12H,4,8-9,13H2,1-3H3. The Morgan fingerprint density at radius 2 is 2.27 bits per heavy atom. The maximum absolute atomic E-state index is 5.81. The Morgan fingerprint density at radius 1 is 1.53 bits per heavy atom. The van der Waals surface area contributed by atoms with Gasteiger partial charge in [-0.25, -0.2) is 0 Å². The van der Waals surface area contributed by atoms with Crippen LogP contribution in [0.4, 0.5) is 0 Å². The van der Waals surface area contributed by atoms with Crippen molar-refractivity contribution >= 4 is 0 Å². The fourth-order valence-corrected chi connectivity index (χ4v) is 1.88. The molecule has 0 aliphatic rings. The van der Waals surface area contributed by atoms with Crippen LogP contribution < -0.4 is 5.73 Å². The van der Waals surface area contributed by atoms with Crippen LogP contribution in [0, 0.1) is 5.92 Å². The molecule has 2 N–H and O–H groups in total. The van der Waals surface area contributed by atoms with Crippen LogP contribution in [0.25, 0.3) is 0 Å². The van der Waals surface area contributed by atoms with E-state index in [1.165, 1.54) is 0 Å². The average molecular weight is 210 g/mol. The van der Waals surface area contributed by atoms with E-state index >= 15 is 0 Å². The predicted molar refractivity (Wildman–Crippen MR) is 62.5 cm³/mol. The summed E-state index contributed by atoms with van der Waals surface area (Å²) >= 11 is 0. The number of likely N-dealkylation sites (N-methyl/N-ethyl adjacent to an activating group) is 1. The first-order valence-corrected chi connectivity index (χ1v) is 5.61. The van der Waals surface area contributed by atoms with Crippen molar-refractivity contribution in [3.05, 3.63) is 24.2 Å². The van der Waals surface area contributed by atoms with Gasteiger partial charge in [-0.05, 0) is 25.1 Å². The molecule has 86 valence electrons. The first-order chi connectivity index (χ1) is 7.19. The number of hydrogen-bond donors (Lipinski definition) is 1. The third-order valence-corrected chi connectivity index (χ3v) is 3.09. The van der Waals surface area contributed by atoms with Crippen molar-refractivity contribution < 1.29 is 4.42 Å². The highest BCUT2D eigenvalue weighted by molar-refractivity contribution is 4.98. The number of nitrogens with zero attached hydrogens (tertiary/aromatic N) is 1. The van der Waals surface area contributed by atoms with Gasteiger partial charge in [-0.3, -0.25) is 4.90 Å². The van der Waals surface area contributed by atoms with Gasteiger partial charge in [-0.1, -0.05) is 20.3 Å². The molecule has 3 heteroatoms. The molecule has 0 aliphatic carbocycles. The van der Waals surface area contributed by atoms with Crippen LogP contribution in [0.2, 0.25) is 0 Å². The Balaban J connectivity index is 2.53. The SMILES string of the molecule is CCC(C)C(CN)N(C)Cc1ccco1. The lowest BCUT2D eigenvalue weighted by molar-refractivity contribution is 0.167. The normalized spacial score (nSPS) is 15.5. The predicted octanol–water partition coefficient (Wildman–Crippen LogP) is 2.08. The Morgan fingerprint density at radius 3 is 2.73 bits per heavy atom. The smallest absolute Gasteiger partial charge is 0.117 e.